The summed E-state index contributed by atoms with van der Waals surface area (Å²) >= 11 is 0. The van der Waals surface area contributed by atoms with Gasteiger partial charge in [-0.25, -0.2) is 18.6 Å². The molecule has 5 rings (SSSR count). The monoisotopic (exact) mass is 501 g/mol. The van der Waals surface area contributed by atoms with E-state index in [-0.39, 0.29) is 24.2 Å². The number of fused-ring (bicyclic) bond motifs is 1. The molecule has 4 heterocycles. The summed E-state index contributed by atoms with van der Waals surface area (Å²) in [5.74, 6) is 0.960. The molecule has 1 amide bonds. The molecule has 0 saturated carbocycles. The fraction of sp³-hybridized carbons (Fsp3) is 0.500. The minimum atomic E-state index is -2.81. The largest absolute Gasteiger partial charge is 0.453 e. The summed E-state index contributed by atoms with van der Waals surface area (Å²) in [5.41, 5.74) is 0.957. The first-order chi connectivity index (χ1) is 17.4. The molecule has 0 aliphatic carbocycles. The van der Waals surface area contributed by atoms with E-state index in [1.807, 2.05) is 17.9 Å². The molecule has 2 fully saturated rings. The molecule has 2 atom stereocenters. The van der Waals surface area contributed by atoms with E-state index in [9.17, 15) is 13.6 Å². The zero-order valence-corrected chi connectivity index (χ0v) is 20.5. The van der Waals surface area contributed by atoms with Crippen LogP contribution in [0.2, 0.25) is 0 Å². The van der Waals surface area contributed by atoms with Gasteiger partial charge in [-0.1, -0.05) is 12.1 Å². The van der Waals surface area contributed by atoms with Gasteiger partial charge in [-0.3, -0.25) is 4.57 Å². The number of ether oxygens (including phenoxy) is 2. The molecule has 0 spiro atoms. The van der Waals surface area contributed by atoms with Crippen molar-refractivity contribution in [1.82, 2.24) is 24.4 Å². The Kier molecular flexibility index (Phi) is 6.61. The van der Waals surface area contributed by atoms with Gasteiger partial charge in [0.1, 0.15) is 11.6 Å². The zero-order valence-electron chi connectivity index (χ0n) is 20.5. The van der Waals surface area contributed by atoms with E-state index in [0.717, 1.165) is 0 Å². The standard InChI is InChI=1S/C24H29F2N7O3/c1-15-16(2)36-13-12-32(15)20-14-19(30-8-10-31(11-9-30)24(34)35-3)28-23(29-20)33-18-7-5-4-6-17(18)27-22(33)21(25)26/h4-7,14-16,21H,8-13H2,1-3H3/t15-,16+/m1/s1. The van der Waals surface area contributed by atoms with E-state index in [2.05, 4.69) is 16.8 Å². The van der Waals surface area contributed by atoms with Gasteiger partial charge in [-0.05, 0) is 26.0 Å². The number of carbonyl (C=O) groups excluding carboxylic acids is 1. The third kappa shape index (κ3) is 4.41. The summed E-state index contributed by atoms with van der Waals surface area (Å²) in [6, 6.07) is 8.87. The van der Waals surface area contributed by atoms with Gasteiger partial charge in [0.25, 0.3) is 6.43 Å². The molecule has 12 heteroatoms. The predicted octanol–water partition coefficient (Wildman–Crippen LogP) is 3.26. The molecule has 0 radical (unpaired) electrons. The highest BCUT2D eigenvalue weighted by atomic mass is 19.3. The number of benzene rings is 1. The number of nitrogens with zero attached hydrogens (tertiary/aromatic N) is 7. The number of hydrogen-bond donors (Lipinski definition) is 0. The lowest BCUT2D eigenvalue weighted by Gasteiger charge is -2.39. The second kappa shape index (κ2) is 9.84. The number of carbonyl (C=O) groups is 1. The smallest absolute Gasteiger partial charge is 0.409 e. The van der Waals surface area contributed by atoms with Crippen LogP contribution in [0, 0.1) is 0 Å². The molecule has 2 aliphatic heterocycles. The summed E-state index contributed by atoms with van der Waals surface area (Å²) in [7, 11) is 1.36. The van der Waals surface area contributed by atoms with Gasteiger partial charge in [0.05, 0.1) is 36.9 Å². The average molecular weight is 502 g/mol. The molecule has 3 aromatic rings. The number of imidazole rings is 1. The molecular formula is C24H29F2N7O3. The van der Waals surface area contributed by atoms with Crippen molar-refractivity contribution in [2.45, 2.75) is 32.4 Å². The lowest BCUT2D eigenvalue weighted by Crippen LogP contribution is -2.50. The highest BCUT2D eigenvalue weighted by molar-refractivity contribution is 5.78. The van der Waals surface area contributed by atoms with Crippen molar-refractivity contribution in [3.8, 4) is 5.95 Å². The van der Waals surface area contributed by atoms with Crippen LogP contribution in [0.15, 0.2) is 30.3 Å². The summed E-state index contributed by atoms with van der Waals surface area (Å²) in [5, 5.41) is 0. The van der Waals surface area contributed by atoms with E-state index in [4.69, 9.17) is 19.4 Å². The van der Waals surface area contributed by atoms with Crippen LogP contribution in [0.3, 0.4) is 0 Å². The van der Waals surface area contributed by atoms with Crippen molar-refractivity contribution < 1.29 is 23.0 Å². The van der Waals surface area contributed by atoms with Crippen molar-refractivity contribution in [2.75, 3.05) is 56.2 Å². The number of amides is 1. The predicted molar refractivity (Wildman–Crippen MR) is 130 cm³/mol. The van der Waals surface area contributed by atoms with Crippen LogP contribution in [0.5, 0.6) is 0 Å². The van der Waals surface area contributed by atoms with Crippen LogP contribution in [-0.2, 0) is 9.47 Å². The Morgan fingerprint density at radius 1 is 1.06 bits per heavy atom. The van der Waals surface area contributed by atoms with Crippen molar-refractivity contribution in [3.63, 3.8) is 0 Å². The maximum absolute atomic E-state index is 14.1. The van der Waals surface area contributed by atoms with E-state index in [1.165, 1.54) is 11.7 Å². The highest BCUT2D eigenvalue weighted by Crippen LogP contribution is 2.31. The van der Waals surface area contributed by atoms with Crippen LogP contribution in [0.1, 0.15) is 26.1 Å². The average Bonchev–Trinajstić information content (AvgIpc) is 3.30. The number of rotatable bonds is 4. The van der Waals surface area contributed by atoms with Crippen LogP contribution >= 0.6 is 0 Å². The second-order valence-corrected chi connectivity index (χ2v) is 8.93. The molecule has 36 heavy (non-hydrogen) atoms. The molecular weight excluding hydrogens is 472 g/mol. The van der Waals surface area contributed by atoms with E-state index < -0.39 is 12.2 Å². The van der Waals surface area contributed by atoms with Crippen LogP contribution in [0.4, 0.5) is 25.2 Å². The minimum absolute atomic E-state index is 0.0186. The van der Waals surface area contributed by atoms with Gasteiger partial charge in [-0.15, -0.1) is 0 Å². The summed E-state index contributed by atoms with van der Waals surface area (Å²) in [4.78, 5) is 31.4. The number of aromatic nitrogens is 4. The molecule has 192 valence electrons. The topological polar surface area (TPSA) is 88.9 Å². The number of para-hydroxylation sites is 2. The third-order valence-electron chi connectivity index (χ3n) is 6.88. The number of anilines is 2. The molecule has 0 unspecified atom stereocenters. The SMILES string of the molecule is COC(=O)N1CCN(c2cc(N3CCO[C@@H](C)[C@H]3C)nc(-n3c(C(F)F)nc4ccccc43)n2)CC1. The van der Waals surface area contributed by atoms with Crippen LogP contribution in [-0.4, -0.2) is 89.1 Å². The Hall–Kier alpha value is -3.54. The molecule has 2 aliphatic rings. The Morgan fingerprint density at radius 2 is 1.78 bits per heavy atom. The molecule has 0 bridgehead atoms. The van der Waals surface area contributed by atoms with Gasteiger partial charge in [0, 0.05) is 38.8 Å². The molecule has 2 saturated heterocycles. The molecule has 2 aromatic heterocycles. The van der Waals surface area contributed by atoms with Crippen molar-refractivity contribution in [1.29, 1.82) is 0 Å². The van der Waals surface area contributed by atoms with Gasteiger partial charge in [0.15, 0.2) is 5.82 Å². The van der Waals surface area contributed by atoms with Crippen molar-refractivity contribution in [3.05, 3.63) is 36.2 Å². The molecule has 1 aromatic carbocycles. The zero-order chi connectivity index (χ0) is 25.4. The molecule has 10 nitrogen and oxygen atoms in total. The van der Waals surface area contributed by atoms with Gasteiger partial charge in [-0.2, -0.15) is 9.97 Å². The second-order valence-electron chi connectivity index (χ2n) is 8.93. The van der Waals surface area contributed by atoms with Gasteiger partial charge < -0.3 is 24.2 Å². The fourth-order valence-corrected chi connectivity index (χ4v) is 4.72. The first kappa shape index (κ1) is 24.2. The van der Waals surface area contributed by atoms with Crippen LogP contribution < -0.4 is 9.80 Å². The number of alkyl halides is 2. The maximum atomic E-state index is 14.1. The Labute approximate surface area is 207 Å². The third-order valence-corrected chi connectivity index (χ3v) is 6.88. The first-order valence-electron chi connectivity index (χ1n) is 12.0. The molecule has 0 N–H and O–H groups in total. The van der Waals surface area contributed by atoms with E-state index >= 15 is 0 Å². The number of methoxy groups -OCH3 is 1. The number of piperazine rings is 1. The number of halogens is 2. The van der Waals surface area contributed by atoms with Crippen molar-refractivity contribution in [2.24, 2.45) is 0 Å². The van der Waals surface area contributed by atoms with E-state index in [1.54, 1.807) is 29.2 Å². The van der Waals surface area contributed by atoms with Gasteiger partial charge in [0.2, 0.25) is 5.95 Å². The Morgan fingerprint density at radius 3 is 2.50 bits per heavy atom. The lowest BCUT2D eigenvalue weighted by molar-refractivity contribution is 0.0281. The maximum Gasteiger partial charge on any atom is 0.409 e. The fourth-order valence-electron chi connectivity index (χ4n) is 4.72. The van der Waals surface area contributed by atoms with Crippen LogP contribution in [0.25, 0.3) is 17.0 Å². The number of morpholine rings is 1. The summed E-state index contributed by atoms with van der Waals surface area (Å²) in [6.45, 7) is 7.17. The first-order valence-corrected chi connectivity index (χ1v) is 12.0. The normalized spacial score (nSPS) is 20.9. The Balaban J connectivity index is 1.60. The minimum Gasteiger partial charge on any atom is -0.453 e. The van der Waals surface area contributed by atoms with E-state index in [0.29, 0.717) is 62.0 Å². The quantitative estimate of drug-likeness (QED) is 0.538. The van der Waals surface area contributed by atoms with Gasteiger partial charge >= 0.3 is 6.09 Å². The summed E-state index contributed by atoms with van der Waals surface area (Å²) < 4.78 is 40.2. The summed E-state index contributed by atoms with van der Waals surface area (Å²) in [6.07, 6.45) is -3.20. The number of hydrogen-bond acceptors (Lipinski definition) is 8. The highest BCUT2D eigenvalue weighted by Gasteiger charge is 2.30. The lowest BCUT2D eigenvalue weighted by atomic mass is 10.1. The van der Waals surface area contributed by atoms with Crippen molar-refractivity contribution >= 4 is 28.8 Å². The Bertz CT molecular complexity index is 1250.